The van der Waals surface area contributed by atoms with Gasteiger partial charge in [-0.1, -0.05) is 18.2 Å². The van der Waals surface area contributed by atoms with E-state index in [0.717, 1.165) is 22.2 Å². The number of esters is 1. The second kappa shape index (κ2) is 6.16. The molecule has 1 atom stereocenters. The van der Waals surface area contributed by atoms with Gasteiger partial charge < -0.3 is 4.74 Å². The molecule has 1 aromatic heterocycles. The summed E-state index contributed by atoms with van der Waals surface area (Å²) < 4.78 is 4.93. The molecule has 1 unspecified atom stereocenters. The van der Waals surface area contributed by atoms with E-state index in [1.54, 1.807) is 6.92 Å². The second-order valence-corrected chi connectivity index (χ2v) is 4.58. The fourth-order valence-corrected chi connectivity index (χ4v) is 2.21. The van der Waals surface area contributed by atoms with Gasteiger partial charge in [0.1, 0.15) is 5.92 Å². The zero-order valence-corrected chi connectivity index (χ0v) is 11.6. The maximum Gasteiger partial charge on any atom is 0.323 e. The summed E-state index contributed by atoms with van der Waals surface area (Å²) in [7, 11) is 0. The normalized spacial score (nSPS) is 11.8. The number of aryl methyl sites for hydroxylation is 1. The standard InChI is InChI=1S/C16H16N2O2/c1-3-20-16(19)13(10-17)9-12-8-11(2)18-15-7-5-4-6-14(12)15/h4-8,13H,3,9H2,1-2H3. The first kappa shape index (κ1) is 14.0. The molecular weight excluding hydrogens is 252 g/mol. The van der Waals surface area contributed by atoms with Crippen molar-refractivity contribution in [3.05, 3.63) is 41.6 Å². The summed E-state index contributed by atoms with van der Waals surface area (Å²) in [6.45, 7) is 3.92. The van der Waals surface area contributed by atoms with Crippen LogP contribution in [0.1, 0.15) is 18.2 Å². The minimum atomic E-state index is -0.778. The van der Waals surface area contributed by atoms with Crippen LogP contribution in [0.3, 0.4) is 0 Å². The number of para-hydroxylation sites is 1. The van der Waals surface area contributed by atoms with Crippen molar-refractivity contribution in [3.63, 3.8) is 0 Å². The lowest BCUT2D eigenvalue weighted by molar-refractivity contribution is -0.145. The third kappa shape index (κ3) is 2.94. The van der Waals surface area contributed by atoms with Gasteiger partial charge in [-0.3, -0.25) is 9.78 Å². The highest BCUT2D eigenvalue weighted by Crippen LogP contribution is 2.21. The fourth-order valence-electron chi connectivity index (χ4n) is 2.21. The molecule has 102 valence electrons. The first-order chi connectivity index (χ1) is 9.65. The lowest BCUT2D eigenvalue weighted by atomic mass is 9.97. The van der Waals surface area contributed by atoms with Crippen LogP contribution >= 0.6 is 0 Å². The van der Waals surface area contributed by atoms with Crippen molar-refractivity contribution in [2.75, 3.05) is 6.61 Å². The highest BCUT2D eigenvalue weighted by molar-refractivity contribution is 5.83. The first-order valence-electron chi connectivity index (χ1n) is 6.57. The molecule has 1 aromatic carbocycles. The van der Waals surface area contributed by atoms with Crippen molar-refractivity contribution in [2.24, 2.45) is 5.92 Å². The van der Waals surface area contributed by atoms with Gasteiger partial charge in [-0.05, 0) is 38.0 Å². The SMILES string of the molecule is CCOC(=O)C(C#N)Cc1cc(C)nc2ccccc12. The lowest BCUT2D eigenvalue weighted by Crippen LogP contribution is -2.18. The second-order valence-electron chi connectivity index (χ2n) is 4.58. The topological polar surface area (TPSA) is 63.0 Å². The summed E-state index contributed by atoms with van der Waals surface area (Å²) in [6, 6.07) is 11.7. The molecule has 0 N–H and O–H groups in total. The van der Waals surface area contributed by atoms with Gasteiger partial charge in [0, 0.05) is 11.1 Å². The van der Waals surface area contributed by atoms with Crippen LogP contribution < -0.4 is 0 Å². The molecule has 0 aliphatic heterocycles. The fraction of sp³-hybridized carbons (Fsp3) is 0.312. The van der Waals surface area contributed by atoms with Crippen LogP contribution in [0, 0.1) is 24.2 Å². The first-order valence-corrected chi connectivity index (χ1v) is 6.57. The van der Waals surface area contributed by atoms with Gasteiger partial charge in [-0.25, -0.2) is 0 Å². The lowest BCUT2D eigenvalue weighted by Gasteiger charge is -2.11. The number of carbonyl (C=O) groups excluding carboxylic acids is 1. The van der Waals surface area contributed by atoms with Crippen molar-refractivity contribution in [2.45, 2.75) is 20.3 Å². The average molecular weight is 268 g/mol. The van der Waals surface area contributed by atoms with E-state index in [4.69, 9.17) is 10.00 Å². The molecule has 2 aromatic rings. The minimum absolute atomic E-state index is 0.285. The molecule has 1 heterocycles. The molecular formula is C16H16N2O2. The Morgan fingerprint density at radius 3 is 2.90 bits per heavy atom. The molecule has 4 nitrogen and oxygen atoms in total. The number of ether oxygens (including phenoxy) is 1. The number of fused-ring (bicyclic) bond motifs is 1. The Balaban J connectivity index is 2.38. The number of hydrogen-bond acceptors (Lipinski definition) is 4. The largest absolute Gasteiger partial charge is 0.465 e. The summed E-state index contributed by atoms with van der Waals surface area (Å²) in [5.74, 6) is -1.24. The van der Waals surface area contributed by atoms with E-state index in [0.29, 0.717) is 6.42 Å². The monoisotopic (exact) mass is 268 g/mol. The summed E-state index contributed by atoms with van der Waals surface area (Å²) in [6.07, 6.45) is 0.346. The van der Waals surface area contributed by atoms with Gasteiger partial charge in [-0.2, -0.15) is 5.26 Å². The van der Waals surface area contributed by atoms with Crippen LogP contribution in [-0.2, 0) is 16.0 Å². The molecule has 0 radical (unpaired) electrons. The van der Waals surface area contributed by atoms with Crippen LogP contribution in [0.2, 0.25) is 0 Å². The third-order valence-corrected chi connectivity index (χ3v) is 3.08. The number of nitriles is 1. The third-order valence-electron chi connectivity index (χ3n) is 3.08. The van der Waals surface area contributed by atoms with Crippen molar-refractivity contribution in [1.29, 1.82) is 5.26 Å². The van der Waals surface area contributed by atoms with Crippen molar-refractivity contribution in [1.82, 2.24) is 4.98 Å². The van der Waals surface area contributed by atoms with Crippen LogP contribution in [-0.4, -0.2) is 17.6 Å². The van der Waals surface area contributed by atoms with Crippen LogP contribution in [0.5, 0.6) is 0 Å². The smallest absolute Gasteiger partial charge is 0.323 e. The maximum atomic E-state index is 11.7. The number of aromatic nitrogens is 1. The van der Waals surface area contributed by atoms with Crippen LogP contribution in [0.4, 0.5) is 0 Å². The number of carbonyl (C=O) groups is 1. The van der Waals surface area contributed by atoms with Gasteiger partial charge in [0.15, 0.2) is 0 Å². The van der Waals surface area contributed by atoms with E-state index in [9.17, 15) is 4.79 Å². The predicted octanol–water partition coefficient (Wildman–Crippen LogP) is 2.79. The molecule has 2 rings (SSSR count). The quantitative estimate of drug-likeness (QED) is 0.800. The van der Waals surface area contributed by atoms with E-state index in [1.807, 2.05) is 43.3 Å². The van der Waals surface area contributed by atoms with Gasteiger partial charge in [0.2, 0.25) is 0 Å². The van der Waals surface area contributed by atoms with E-state index in [-0.39, 0.29) is 6.61 Å². The van der Waals surface area contributed by atoms with Gasteiger partial charge in [-0.15, -0.1) is 0 Å². The summed E-state index contributed by atoms with van der Waals surface area (Å²) in [4.78, 5) is 16.2. The number of benzene rings is 1. The highest BCUT2D eigenvalue weighted by atomic mass is 16.5. The van der Waals surface area contributed by atoms with E-state index in [1.165, 1.54) is 0 Å². The Morgan fingerprint density at radius 2 is 2.20 bits per heavy atom. The molecule has 0 aliphatic carbocycles. The predicted molar refractivity (Wildman–Crippen MR) is 75.9 cm³/mol. The van der Waals surface area contributed by atoms with Crippen LogP contribution in [0.15, 0.2) is 30.3 Å². The number of rotatable bonds is 4. The summed E-state index contributed by atoms with van der Waals surface area (Å²) >= 11 is 0. The van der Waals surface area contributed by atoms with E-state index >= 15 is 0 Å². The van der Waals surface area contributed by atoms with Crippen molar-refractivity contribution in [3.8, 4) is 6.07 Å². The average Bonchev–Trinajstić information content (AvgIpc) is 2.44. The Hall–Kier alpha value is -2.41. The molecule has 0 aliphatic rings. The number of nitrogens with zero attached hydrogens (tertiary/aromatic N) is 2. The van der Waals surface area contributed by atoms with Gasteiger partial charge >= 0.3 is 5.97 Å². The molecule has 20 heavy (non-hydrogen) atoms. The van der Waals surface area contributed by atoms with Gasteiger partial charge in [0.05, 0.1) is 18.2 Å². The van der Waals surface area contributed by atoms with E-state index in [2.05, 4.69) is 4.98 Å². The molecule has 0 bridgehead atoms. The maximum absolute atomic E-state index is 11.7. The summed E-state index contributed by atoms with van der Waals surface area (Å²) in [5, 5.41) is 10.1. The zero-order valence-electron chi connectivity index (χ0n) is 11.6. The molecule has 0 amide bonds. The highest BCUT2D eigenvalue weighted by Gasteiger charge is 2.21. The van der Waals surface area contributed by atoms with Crippen LogP contribution in [0.25, 0.3) is 10.9 Å². The number of hydrogen-bond donors (Lipinski definition) is 0. The Bertz CT molecular complexity index is 674. The molecule has 0 spiro atoms. The minimum Gasteiger partial charge on any atom is -0.465 e. The molecule has 0 fully saturated rings. The Labute approximate surface area is 118 Å². The van der Waals surface area contributed by atoms with E-state index < -0.39 is 11.9 Å². The molecule has 0 saturated carbocycles. The molecule has 4 heteroatoms. The van der Waals surface area contributed by atoms with Gasteiger partial charge in [0.25, 0.3) is 0 Å². The molecule has 0 saturated heterocycles. The number of pyridine rings is 1. The zero-order chi connectivity index (χ0) is 14.5. The Morgan fingerprint density at radius 1 is 1.45 bits per heavy atom. The van der Waals surface area contributed by atoms with Crippen molar-refractivity contribution < 1.29 is 9.53 Å². The summed E-state index contributed by atoms with van der Waals surface area (Å²) in [5.41, 5.74) is 2.70. The van der Waals surface area contributed by atoms with Crippen molar-refractivity contribution >= 4 is 16.9 Å². The Kier molecular flexibility index (Phi) is 4.31.